The molecule has 33 heavy (non-hydrogen) atoms. The number of nitrogens with one attached hydrogen (secondary N) is 2. The number of hydrogen-bond donors (Lipinski definition) is 2. The summed E-state index contributed by atoms with van der Waals surface area (Å²) in [7, 11) is 0. The lowest BCUT2D eigenvalue weighted by Gasteiger charge is -2.18. The summed E-state index contributed by atoms with van der Waals surface area (Å²) < 4.78 is 0. The summed E-state index contributed by atoms with van der Waals surface area (Å²) in [5.41, 5.74) is 6.83. The fraction of sp³-hybridized carbons (Fsp3) is 0.222. The Labute approximate surface area is 192 Å². The summed E-state index contributed by atoms with van der Waals surface area (Å²) >= 11 is 0. The van der Waals surface area contributed by atoms with E-state index in [0.29, 0.717) is 31.5 Å². The minimum absolute atomic E-state index is 0.00722. The van der Waals surface area contributed by atoms with Crippen molar-refractivity contribution in [2.45, 2.75) is 32.7 Å². The molecule has 0 radical (unpaired) electrons. The summed E-state index contributed by atoms with van der Waals surface area (Å²) in [5, 5.41) is 3.00. The maximum Gasteiger partial charge on any atom is 0.258 e. The summed E-state index contributed by atoms with van der Waals surface area (Å²) in [6.07, 6.45) is 1.77. The highest BCUT2D eigenvalue weighted by Crippen LogP contribution is 2.30. The molecule has 0 saturated heterocycles. The van der Waals surface area contributed by atoms with E-state index in [-0.39, 0.29) is 11.8 Å². The number of amides is 2. The zero-order valence-electron chi connectivity index (χ0n) is 18.6. The Morgan fingerprint density at radius 1 is 1.06 bits per heavy atom. The lowest BCUT2D eigenvalue weighted by molar-refractivity contribution is -0.121. The van der Waals surface area contributed by atoms with E-state index in [9.17, 15) is 9.59 Å². The molecule has 1 aliphatic heterocycles. The number of carbonyl (C=O) groups is 2. The Morgan fingerprint density at radius 3 is 2.79 bits per heavy atom. The first-order valence-corrected chi connectivity index (χ1v) is 11.3. The molecule has 0 atom stereocenters. The molecule has 0 saturated carbocycles. The highest BCUT2D eigenvalue weighted by molar-refractivity contribution is 6.07. The van der Waals surface area contributed by atoms with E-state index in [1.165, 1.54) is 0 Å². The van der Waals surface area contributed by atoms with Gasteiger partial charge in [-0.15, -0.1) is 0 Å². The summed E-state index contributed by atoms with van der Waals surface area (Å²) in [4.78, 5) is 35.0. The predicted molar refractivity (Wildman–Crippen MR) is 129 cm³/mol. The van der Waals surface area contributed by atoms with Crippen molar-refractivity contribution in [2.75, 3.05) is 11.4 Å². The Balaban J connectivity index is 1.17. The van der Waals surface area contributed by atoms with Gasteiger partial charge in [0.15, 0.2) is 0 Å². The Morgan fingerprint density at radius 2 is 1.94 bits per heavy atom. The number of fused-ring (bicyclic) bond motifs is 2. The van der Waals surface area contributed by atoms with Crippen molar-refractivity contribution in [3.05, 3.63) is 94.8 Å². The topological polar surface area (TPSA) is 78.1 Å². The number of benzene rings is 3. The molecule has 166 valence electrons. The summed E-state index contributed by atoms with van der Waals surface area (Å²) in [6.45, 7) is 3.14. The minimum Gasteiger partial charge on any atom is -0.352 e. The molecular formula is C27H26N4O2. The largest absolute Gasteiger partial charge is 0.352 e. The van der Waals surface area contributed by atoms with Crippen molar-refractivity contribution < 1.29 is 9.59 Å². The van der Waals surface area contributed by atoms with Crippen LogP contribution in [-0.2, 0) is 24.2 Å². The Kier molecular flexibility index (Phi) is 5.65. The van der Waals surface area contributed by atoms with Gasteiger partial charge in [-0.3, -0.25) is 9.59 Å². The van der Waals surface area contributed by atoms with Crippen molar-refractivity contribution in [1.29, 1.82) is 0 Å². The van der Waals surface area contributed by atoms with Gasteiger partial charge in [0.2, 0.25) is 5.91 Å². The molecule has 0 aliphatic carbocycles. The quantitative estimate of drug-likeness (QED) is 0.471. The van der Waals surface area contributed by atoms with Gasteiger partial charge in [-0.2, -0.15) is 0 Å². The summed E-state index contributed by atoms with van der Waals surface area (Å²) in [6, 6.07) is 21.6. The molecule has 2 N–H and O–H groups in total. The molecule has 1 aromatic heterocycles. The van der Waals surface area contributed by atoms with E-state index in [1.807, 2.05) is 72.5 Å². The normalized spacial score (nSPS) is 12.7. The van der Waals surface area contributed by atoms with E-state index >= 15 is 0 Å². The van der Waals surface area contributed by atoms with Gasteiger partial charge >= 0.3 is 0 Å². The molecule has 4 aromatic rings. The number of anilines is 1. The van der Waals surface area contributed by atoms with Crippen molar-refractivity contribution in [2.24, 2.45) is 0 Å². The maximum absolute atomic E-state index is 13.0. The monoisotopic (exact) mass is 438 g/mol. The first-order valence-electron chi connectivity index (χ1n) is 11.3. The van der Waals surface area contributed by atoms with Crippen molar-refractivity contribution in [1.82, 2.24) is 15.3 Å². The van der Waals surface area contributed by atoms with E-state index in [0.717, 1.165) is 45.7 Å². The first kappa shape index (κ1) is 20.9. The van der Waals surface area contributed by atoms with Crippen LogP contribution in [0.4, 0.5) is 5.69 Å². The number of aromatic nitrogens is 2. The average Bonchev–Trinajstić information content (AvgIpc) is 3.44. The number of carbonyl (C=O) groups excluding carboxylic acids is 2. The SMILES string of the molecule is Cc1cccc(C(=O)N2CCc3cc(CNC(=O)CCc4nc5ccccc5[nH]4)ccc32)c1. The maximum atomic E-state index is 13.0. The van der Waals surface area contributed by atoms with Gasteiger partial charge in [-0.05, 0) is 54.8 Å². The number of para-hydroxylation sites is 2. The second-order valence-corrected chi connectivity index (χ2v) is 8.52. The van der Waals surface area contributed by atoms with Gasteiger partial charge < -0.3 is 15.2 Å². The number of aryl methyl sites for hydroxylation is 2. The molecule has 6 heteroatoms. The Bertz CT molecular complexity index is 1310. The van der Waals surface area contributed by atoms with Gasteiger partial charge in [-0.1, -0.05) is 42.0 Å². The second-order valence-electron chi connectivity index (χ2n) is 8.52. The van der Waals surface area contributed by atoms with Crippen LogP contribution in [0.25, 0.3) is 11.0 Å². The molecule has 2 heterocycles. The number of imidazole rings is 1. The molecule has 0 fully saturated rings. The number of nitrogens with zero attached hydrogens (tertiary/aromatic N) is 2. The molecule has 1 aliphatic rings. The van der Waals surface area contributed by atoms with E-state index in [1.54, 1.807) is 0 Å². The van der Waals surface area contributed by atoms with Gasteiger partial charge in [0, 0.05) is 37.2 Å². The van der Waals surface area contributed by atoms with E-state index in [2.05, 4.69) is 21.4 Å². The van der Waals surface area contributed by atoms with Crippen LogP contribution in [0, 0.1) is 6.92 Å². The first-order chi connectivity index (χ1) is 16.1. The van der Waals surface area contributed by atoms with Gasteiger partial charge in [0.1, 0.15) is 5.82 Å². The zero-order valence-corrected chi connectivity index (χ0v) is 18.6. The molecule has 5 rings (SSSR count). The van der Waals surface area contributed by atoms with Crippen LogP contribution < -0.4 is 10.2 Å². The zero-order chi connectivity index (χ0) is 22.8. The second kappa shape index (κ2) is 8.90. The van der Waals surface area contributed by atoms with Crippen LogP contribution >= 0.6 is 0 Å². The average molecular weight is 439 g/mol. The van der Waals surface area contributed by atoms with Gasteiger partial charge in [0.05, 0.1) is 11.0 Å². The highest BCUT2D eigenvalue weighted by atomic mass is 16.2. The number of hydrogen-bond acceptors (Lipinski definition) is 3. The standard InChI is InChI=1S/C27H26N4O2/c1-18-5-4-6-21(15-18)27(33)31-14-13-20-16-19(9-10-24(20)31)17-28-26(32)12-11-25-29-22-7-2-3-8-23(22)30-25/h2-10,15-16H,11-14,17H2,1H3,(H,28,32)(H,29,30). The predicted octanol–water partition coefficient (Wildman–Crippen LogP) is 4.32. The molecular weight excluding hydrogens is 412 g/mol. The molecule has 0 bridgehead atoms. The van der Waals surface area contributed by atoms with Crippen LogP contribution in [0.5, 0.6) is 0 Å². The van der Waals surface area contributed by atoms with E-state index in [4.69, 9.17) is 0 Å². The van der Waals surface area contributed by atoms with Crippen molar-refractivity contribution >= 4 is 28.5 Å². The third-order valence-corrected chi connectivity index (χ3v) is 6.07. The number of rotatable bonds is 6. The van der Waals surface area contributed by atoms with Crippen LogP contribution in [0.2, 0.25) is 0 Å². The van der Waals surface area contributed by atoms with Gasteiger partial charge in [0.25, 0.3) is 5.91 Å². The van der Waals surface area contributed by atoms with Crippen LogP contribution in [0.1, 0.15) is 39.3 Å². The van der Waals surface area contributed by atoms with Crippen LogP contribution in [-0.4, -0.2) is 28.3 Å². The lowest BCUT2D eigenvalue weighted by atomic mass is 10.1. The molecule has 0 spiro atoms. The Hall–Kier alpha value is -3.93. The minimum atomic E-state index is -0.00722. The number of H-pyrrole nitrogens is 1. The fourth-order valence-corrected chi connectivity index (χ4v) is 4.35. The molecule has 2 amide bonds. The van der Waals surface area contributed by atoms with Crippen LogP contribution in [0.15, 0.2) is 66.7 Å². The third kappa shape index (κ3) is 4.51. The lowest BCUT2D eigenvalue weighted by Crippen LogP contribution is -2.28. The third-order valence-electron chi connectivity index (χ3n) is 6.07. The van der Waals surface area contributed by atoms with E-state index < -0.39 is 0 Å². The fourth-order valence-electron chi connectivity index (χ4n) is 4.35. The van der Waals surface area contributed by atoms with Crippen molar-refractivity contribution in [3.63, 3.8) is 0 Å². The smallest absolute Gasteiger partial charge is 0.258 e. The summed E-state index contributed by atoms with van der Waals surface area (Å²) in [5.74, 6) is 0.846. The van der Waals surface area contributed by atoms with Gasteiger partial charge in [-0.25, -0.2) is 4.98 Å². The number of aromatic amines is 1. The van der Waals surface area contributed by atoms with Crippen LogP contribution in [0.3, 0.4) is 0 Å². The molecule has 0 unspecified atom stereocenters. The highest BCUT2D eigenvalue weighted by Gasteiger charge is 2.25. The molecule has 6 nitrogen and oxygen atoms in total. The van der Waals surface area contributed by atoms with Crippen molar-refractivity contribution in [3.8, 4) is 0 Å². The molecule has 3 aromatic carbocycles.